The second-order valence-corrected chi connectivity index (χ2v) is 7.02. The van der Waals surface area contributed by atoms with E-state index in [4.69, 9.17) is 19.0 Å². The lowest BCUT2D eigenvalue weighted by Gasteiger charge is -2.35. The summed E-state index contributed by atoms with van der Waals surface area (Å²) in [6.07, 6.45) is 0.902. The number of rotatable bonds is 11. The van der Waals surface area contributed by atoms with Crippen molar-refractivity contribution in [2.45, 2.75) is 52.7 Å². The van der Waals surface area contributed by atoms with Crippen molar-refractivity contribution >= 4 is 8.80 Å². The van der Waals surface area contributed by atoms with Crippen LogP contribution in [0.3, 0.4) is 0 Å². The Morgan fingerprint density at radius 3 is 1.72 bits per heavy atom. The van der Waals surface area contributed by atoms with E-state index in [0.29, 0.717) is 19.8 Å². The Kier molecular flexibility index (Phi) is 9.89. The molecule has 0 rings (SSSR count). The second kappa shape index (κ2) is 9.88. The topological polar surface area (TPSA) is 65.7 Å². The maximum atomic E-state index is 5.89. The van der Waals surface area contributed by atoms with E-state index < -0.39 is 8.80 Å². The van der Waals surface area contributed by atoms with E-state index in [1.807, 2.05) is 27.7 Å². The van der Waals surface area contributed by atoms with Gasteiger partial charge in [0.05, 0.1) is 5.67 Å². The predicted octanol–water partition coefficient (Wildman–Crippen LogP) is 1.29. The largest absolute Gasteiger partial charge is 0.518 e. The van der Waals surface area contributed by atoms with Crippen LogP contribution in [-0.2, 0) is 13.3 Å². The molecular weight excluding hydrogens is 248 g/mol. The van der Waals surface area contributed by atoms with Crippen LogP contribution in [0.15, 0.2) is 0 Å². The fourth-order valence-corrected chi connectivity index (χ4v) is 4.81. The van der Waals surface area contributed by atoms with Crippen LogP contribution in [0.2, 0.25) is 0 Å². The van der Waals surface area contributed by atoms with Gasteiger partial charge in [-0.1, -0.05) is 6.92 Å². The molecule has 3 N–H and O–H groups in total. The molecule has 0 radical (unpaired) electrons. The maximum absolute atomic E-state index is 5.89. The third kappa shape index (κ3) is 5.77. The first-order valence-electron chi connectivity index (χ1n) is 6.96. The smallest absolute Gasteiger partial charge is 0.373 e. The normalized spacial score (nSPS) is 15.7. The minimum atomic E-state index is -2.66. The number of hydrogen-bond acceptors (Lipinski definition) is 5. The molecule has 0 amide bonds. The highest BCUT2D eigenvalue weighted by atomic mass is 28.4. The highest BCUT2D eigenvalue weighted by Gasteiger charge is 2.48. The second-order valence-electron chi connectivity index (χ2n) is 4.25. The zero-order valence-corrected chi connectivity index (χ0v) is 13.5. The Morgan fingerprint density at radius 1 is 1.00 bits per heavy atom. The van der Waals surface area contributed by atoms with Gasteiger partial charge in [0.15, 0.2) is 0 Å². The van der Waals surface area contributed by atoms with Crippen molar-refractivity contribution in [3.63, 3.8) is 0 Å². The minimum absolute atomic E-state index is 0.100. The van der Waals surface area contributed by atoms with Gasteiger partial charge in [-0.15, -0.1) is 0 Å². The van der Waals surface area contributed by atoms with Crippen molar-refractivity contribution in [3.05, 3.63) is 0 Å². The Hall–Kier alpha value is 0.0169. The molecule has 0 fully saturated rings. The molecule has 0 saturated carbocycles. The van der Waals surface area contributed by atoms with Crippen LogP contribution < -0.4 is 11.1 Å². The summed E-state index contributed by atoms with van der Waals surface area (Å²) in [4.78, 5) is 0. The van der Waals surface area contributed by atoms with Crippen LogP contribution >= 0.6 is 0 Å². The first kappa shape index (κ1) is 18.0. The van der Waals surface area contributed by atoms with Gasteiger partial charge in [-0.25, -0.2) is 0 Å². The standard InChI is InChI=1S/C12H30N2O3Si/c1-6-12(14-10-11(5)13)18(15-7-2,16-8-3)17-9-4/h11-12,14H,6-10,13H2,1-5H3. The van der Waals surface area contributed by atoms with Crippen molar-refractivity contribution in [3.8, 4) is 0 Å². The molecule has 0 aromatic heterocycles. The lowest BCUT2D eigenvalue weighted by Crippen LogP contribution is -2.62. The van der Waals surface area contributed by atoms with Crippen molar-refractivity contribution in [1.82, 2.24) is 5.32 Å². The van der Waals surface area contributed by atoms with Gasteiger partial charge in [-0.05, 0) is 34.1 Å². The van der Waals surface area contributed by atoms with E-state index in [2.05, 4.69) is 12.2 Å². The molecule has 110 valence electrons. The summed E-state index contributed by atoms with van der Waals surface area (Å²) in [6.45, 7) is 12.5. The van der Waals surface area contributed by atoms with Gasteiger partial charge < -0.3 is 24.3 Å². The van der Waals surface area contributed by atoms with Gasteiger partial charge in [0.25, 0.3) is 0 Å². The summed E-state index contributed by atoms with van der Waals surface area (Å²) >= 11 is 0. The molecule has 6 heteroatoms. The Labute approximate surface area is 113 Å². The number of hydrogen-bond donors (Lipinski definition) is 2. The fourth-order valence-electron chi connectivity index (χ4n) is 1.88. The van der Waals surface area contributed by atoms with E-state index in [0.717, 1.165) is 13.0 Å². The SMILES string of the molecule is CCO[Si](OCC)(OCC)C(CC)NCC(C)N. The van der Waals surface area contributed by atoms with Crippen LogP contribution in [0.5, 0.6) is 0 Å². The van der Waals surface area contributed by atoms with Gasteiger partial charge in [-0.2, -0.15) is 0 Å². The minimum Gasteiger partial charge on any atom is -0.373 e. The molecule has 18 heavy (non-hydrogen) atoms. The van der Waals surface area contributed by atoms with Crippen molar-refractivity contribution in [2.24, 2.45) is 5.73 Å². The molecule has 0 aliphatic heterocycles. The Balaban J connectivity index is 4.82. The average molecular weight is 278 g/mol. The molecular formula is C12H30N2O3Si. The molecule has 5 nitrogen and oxygen atoms in total. The highest BCUT2D eigenvalue weighted by molar-refractivity contribution is 6.62. The Morgan fingerprint density at radius 2 is 1.44 bits per heavy atom. The van der Waals surface area contributed by atoms with Gasteiger partial charge in [0.2, 0.25) is 0 Å². The van der Waals surface area contributed by atoms with E-state index in [1.165, 1.54) is 0 Å². The number of nitrogens with two attached hydrogens (primary N) is 1. The summed E-state index contributed by atoms with van der Waals surface area (Å²) < 4.78 is 17.7. The summed E-state index contributed by atoms with van der Waals surface area (Å²) in [5.74, 6) is 0. The molecule has 0 aromatic rings. The summed E-state index contributed by atoms with van der Waals surface area (Å²) in [7, 11) is -2.66. The maximum Gasteiger partial charge on any atom is 0.518 e. The lowest BCUT2D eigenvalue weighted by atomic mass is 10.3. The third-order valence-corrected chi connectivity index (χ3v) is 6.10. The molecule has 0 heterocycles. The molecule has 0 bridgehead atoms. The quantitative estimate of drug-likeness (QED) is 0.558. The van der Waals surface area contributed by atoms with Crippen LogP contribution in [0.25, 0.3) is 0 Å². The highest BCUT2D eigenvalue weighted by Crippen LogP contribution is 2.17. The molecule has 2 atom stereocenters. The molecule has 2 unspecified atom stereocenters. The van der Waals surface area contributed by atoms with Crippen LogP contribution in [0, 0.1) is 0 Å². The molecule has 0 saturated heterocycles. The fraction of sp³-hybridized carbons (Fsp3) is 1.00. The first-order valence-corrected chi connectivity index (χ1v) is 8.77. The summed E-state index contributed by atoms with van der Waals surface area (Å²) in [5.41, 5.74) is 5.89. The predicted molar refractivity (Wildman–Crippen MR) is 76.4 cm³/mol. The third-order valence-electron chi connectivity index (χ3n) is 2.56. The van der Waals surface area contributed by atoms with Crippen molar-refractivity contribution in [1.29, 1.82) is 0 Å². The zero-order valence-electron chi connectivity index (χ0n) is 12.5. The average Bonchev–Trinajstić information content (AvgIpc) is 2.30. The van der Waals surface area contributed by atoms with Crippen LogP contribution in [-0.4, -0.2) is 46.9 Å². The van der Waals surface area contributed by atoms with Gasteiger partial charge in [0, 0.05) is 32.4 Å². The van der Waals surface area contributed by atoms with E-state index in [1.54, 1.807) is 0 Å². The molecule has 0 aliphatic carbocycles. The van der Waals surface area contributed by atoms with Gasteiger partial charge in [-0.3, -0.25) is 0 Å². The number of nitrogens with one attached hydrogen (secondary N) is 1. The van der Waals surface area contributed by atoms with E-state index in [-0.39, 0.29) is 11.7 Å². The van der Waals surface area contributed by atoms with E-state index in [9.17, 15) is 0 Å². The van der Waals surface area contributed by atoms with Crippen molar-refractivity contribution < 1.29 is 13.3 Å². The molecule has 0 aliphatic rings. The first-order chi connectivity index (χ1) is 8.56. The van der Waals surface area contributed by atoms with Crippen molar-refractivity contribution in [2.75, 3.05) is 26.4 Å². The molecule has 0 spiro atoms. The van der Waals surface area contributed by atoms with Gasteiger partial charge in [0.1, 0.15) is 0 Å². The van der Waals surface area contributed by atoms with E-state index >= 15 is 0 Å². The Bertz CT molecular complexity index is 189. The van der Waals surface area contributed by atoms with Crippen LogP contribution in [0.4, 0.5) is 0 Å². The monoisotopic (exact) mass is 278 g/mol. The lowest BCUT2D eigenvalue weighted by molar-refractivity contribution is 0.0572. The summed E-state index contributed by atoms with van der Waals surface area (Å²) in [5, 5.41) is 3.43. The zero-order chi connectivity index (χ0) is 14.0. The van der Waals surface area contributed by atoms with Gasteiger partial charge >= 0.3 is 8.80 Å². The van der Waals surface area contributed by atoms with Crippen LogP contribution in [0.1, 0.15) is 41.0 Å². The molecule has 0 aromatic carbocycles. The summed E-state index contributed by atoms with van der Waals surface area (Å²) in [6, 6.07) is 0.107.